The lowest BCUT2D eigenvalue weighted by atomic mass is 10.1. The van der Waals surface area contributed by atoms with Gasteiger partial charge in [0.2, 0.25) is 0 Å². The van der Waals surface area contributed by atoms with Crippen LogP contribution in [-0.4, -0.2) is 60.5 Å². The van der Waals surface area contributed by atoms with Gasteiger partial charge >= 0.3 is 0 Å². The highest BCUT2D eigenvalue weighted by Crippen LogP contribution is 2.24. The number of thiazole rings is 1. The number of hydrogen-bond acceptors (Lipinski definition) is 6. The van der Waals surface area contributed by atoms with Crippen LogP contribution in [0, 0.1) is 0 Å². The lowest BCUT2D eigenvalue weighted by Crippen LogP contribution is -2.48. The minimum Gasteiger partial charge on any atom is -0.496 e. The second kappa shape index (κ2) is 11.8. The van der Waals surface area contributed by atoms with Crippen LogP contribution in [0.25, 0.3) is 0 Å². The molecule has 0 spiro atoms. The molecular formula is C18H25Cl3N4O2S. The summed E-state index contributed by atoms with van der Waals surface area (Å²) in [5, 5.41) is 3.45. The normalized spacial score (nSPS) is 14.2. The van der Waals surface area contributed by atoms with Crippen molar-refractivity contribution in [2.45, 2.75) is 13.0 Å². The van der Waals surface area contributed by atoms with Crippen LogP contribution < -0.4 is 10.5 Å². The maximum Gasteiger partial charge on any atom is 0.273 e. The van der Waals surface area contributed by atoms with Gasteiger partial charge < -0.3 is 15.4 Å². The number of hydrogen-bond donors (Lipinski definition) is 1. The number of carbonyl (C=O) groups is 1. The van der Waals surface area contributed by atoms with Gasteiger partial charge in [0, 0.05) is 55.1 Å². The summed E-state index contributed by atoms with van der Waals surface area (Å²) in [5.74, 6) is 0.840. The summed E-state index contributed by atoms with van der Waals surface area (Å²) in [7, 11) is 1.66. The summed E-state index contributed by atoms with van der Waals surface area (Å²) in [5.41, 5.74) is 7.14. The lowest BCUT2D eigenvalue weighted by molar-refractivity contribution is 0.0622. The van der Waals surface area contributed by atoms with Crippen LogP contribution in [0.4, 0.5) is 0 Å². The molecule has 2 aromatic rings. The van der Waals surface area contributed by atoms with Crippen molar-refractivity contribution in [3.05, 3.63) is 44.9 Å². The summed E-state index contributed by atoms with van der Waals surface area (Å²) < 4.78 is 5.42. The topological polar surface area (TPSA) is 71.7 Å². The molecular weight excluding hydrogens is 443 g/mol. The van der Waals surface area contributed by atoms with Crippen LogP contribution in [0.2, 0.25) is 5.02 Å². The highest BCUT2D eigenvalue weighted by atomic mass is 35.5. The fourth-order valence-corrected chi connectivity index (χ4v) is 4.01. The van der Waals surface area contributed by atoms with E-state index in [4.69, 9.17) is 22.1 Å². The average Bonchev–Trinajstić information content (AvgIpc) is 3.11. The van der Waals surface area contributed by atoms with Crippen LogP contribution in [-0.2, 0) is 13.0 Å². The largest absolute Gasteiger partial charge is 0.496 e. The van der Waals surface area contributed by atoms with Crippen molar-refractivity contribution in [3.63, 3.8) is 0 Å². The van der Waals surface area contributed by atoms with Crippen molar-refractivity contribution in [1.82, 2.24) is 14.8 Å². The van der Waals surface area contributed by atoms with Gasteiger partial charge in [-0.3, -0.25) is 9.69 Å². The third-order valence-corrected chi connectivity index (χ3v) is 5.57. The third-order valence-electron chi connectivity index (χ3n) is 4.42. The number of piperazine rings is 1. The zero-order valence-corrected chi connectivity index (χ0v) is 18.8. The molecule has 2 heterocycles. The number of nitrogens with zero attached hydrogens (tertiary/aromatic N) is 3. The first kappa shape index (κ1) is 24.9. The molecule has 0 radical (unpaired) electrons. The second-order valence-electron chi connectivity index (χ2n) is 6.19. The van der Waals surface area contributed by atoms with E-state index in [0.717, 1.165) is 36.0 Å². The minimum atomic E-state index is 0. The number of amides is 1. The van der Waals surface area contributed by atoms with Gasteiger partial charge in [0.1, 0.15) is 11.4 Å². The van der Waals surface area contributed by atoms with Crippen LogP contribution in [0.3, 0.4) is 0 Å². The Morgan fingerprint density at radius 3 is 2.64 bits per heavy atom. The second-order valence-corrected chi connectivity index (χ2v) is 7.57. The number of ether oxygens (including phenoxy) is 1. The van der Waals surface area contributed by atoms with Crippen LogP contribution in [0.15, 0.2) is 23.6 Å². The quantitative estimate of drug-likeness (QED) is 0.707. The molecule has 1 aliphatic rings. The van der Waals surface area contributed by atoms with Crippen molar-refractivity contribution < 1.29 is 9.53 Å². The molecule has 1 aromatic heterocycles. The van der Waals surface area contributed by atoms with Crippen LogP contribution >= 0.6 is 47.8 Å². The zero-order chi connectivity index (χ0) is 18.5. The van der Waals surface area contributed by atoms with Crippen molar-refractivity contribution in [1.29, 1.82) is 0 Å². The SMILES string of the molecule is COc1ccc(Cl)cc1CN1CCN(C(=O)c2csc(CCN)n2)CC1.Cl.Cl. The summed E-state index contributed by atoms with van der Waals surface area (Å²) in [4.78, 5) is 21.2. The van der Waals surface area contributed by atoms with E-state index in [0.29, 0.717) is 36.8 Å². The standard InChI is InChI=1S/C18H23ClN4O2S.2ClH/c1-25-16-3-2-14(19)10-13(16)11-22-6-8-23(9-7-22)18(24)15-12-26-17(21-15)4-5-20;;/h2-3,10,12H,4-9,11,20H2,1H3;2*1H. The van der Waals surface area contributed by atoms with Gasteiger partial charge in [-0.25, -0.2) is 4.98 Å². The smallest absolute Gasteiger partial charge is 0.273 e. The van der Waals surface area contributed by atoms with E-state index in [2.05, 4.69) is 9.88 Å². The monoisotopic (exact) mass is 466 g/mol. The molecule has 1 saturated heterocycles. The molecule has 10 heteroatoms. The maximum absolute atomic E-state index is 12.6. The summed E-state index contributed by atoms with van der Waals surface area (Å²) in [6.07, 6.45) is 0.715. The van der Waals surface area contributed by atoms with Gasteiger partial charge in [-0.1, -0.05) is 11.6 Å². The zero-order valence-electron chi connectivity index (χ0n) is 15.6. The number of methoxy groups -OCH3 is 1. The van der Waals surface area contributed by atoms with Crippen molar-refractivity contribution in [2.75, 3.05) is 39.8 Å². The molecule has 1 aromatic carbocycles. The van der Waals surface area contributed by atoms with Crippen LogP contribution in [0.1, 0.15) is 21.1 Å². The molecule has 6 nitrogen and oxygen atoms in total. The van der Waals surface area contributed by atoms with E-state index in [1.54, 1.807) is 7.11 Å². The Kier molecular flexibility index (Phi) is 10.5. The number of nitrogens with two attached hydrogens (primary N) is 1. The van der Waals surface area contributed by atoms with E-state index in [1.165, 1.54) is 11.3 Å². The summed E-state index contributed by atoms with van der Waals surface area (Å²) in [6.45, 7) is 4.29. The Balaban J connectivity index is 0.00000196. The first-order valence-electron chi connectivity index (χ1n) is 8.59. The Morgan fingerprint density at radius 2 is 2.00 bits per heavy atom. The van der Waals surface area contributed by atoms with Gasteiger partial charge in [-0.05, 0) is 24.7 Å². The average molecular weight is 468 g/mol. The predicted octanol–water partition coefficient (Wildman–Crippen LogP) is 3.11. The predicted molar refractivity (Wildman–Crippen MR) is 119 cm³/mol. The molecule has 0 atom stereocenters. The molecule has 2 N–H and O–H groups in total. The summed E-state index contributed by atoms with van der Waals surface area (Å²) in [6, 6.07) is 5.65. The minimum absolute atomic E-state index is 0. The molecule has 1 fully saturated rings. The first-order chi connectivity index (χ1) is 12.6. The molecule has 1 aliphatic heterocycles. The molecule has 0 bridgehead atoms. The van der Waals surface area contributed by atoms with E-state index < -0.39 is 0 Å². The van der Waals surface area contributed by atoms with Crippen molar-refractivity contribution in [2.24, 2.45) is 5.73 Å². The van der Waals surface area contributed by atoms with Crippen LogP contribution in [0.5, 0.6) is 5.75 Å². The van der Waals surface area contributed by atoms with Gasteiger partial charge in [0.05, 0.1) is 12.1 Å². The third kappa shape index (κ3) is 6.20. The van der Waals surface area contributed by atoms with Gasteiger partial charge in [0.25, 0.3) is 5.91 Å². The Bertz CT molecular complexity index is 767. The highest BCUT2D eigenvalue weighted by molar-refractivity contribution is 7.09. The van der Waals surface area contributed by atoms with E-state index in [9.17, 15) is 4.79 Å². The van der Waals surface area contributed by atoms with Gasteiger partial charge in [-0.15, -0.1) is 36.2 Å². The van der Waals surface area contributed by atoms with Crippen molar-refractivity contribution >= 4 is 53.7 Å². The molecule has 1 amide bonds. The highest BCUT2D eigenvalue weighted by Gasteiger charge is 2.24. The van der Waals surface area contributed by atoms with Gasteiger partial charge in [0.15, 0.2) is 0 Å². The Labute approximate surface area is 186 Å². The van der Waals surface area contributed by atoms with Gasteiger partial charge in [-0.2, -0.15) is 0 Å². The first-order valence-corrected chi connectivity index (χ1v) is 9.85. The molecule has 0 unspecified atom stereocenters. The molecule has 3 rings (SSSR count). The van der Waals surface area contributed by atoms with Crippen molar-refractivity contribution in [3.8, 4) is 5.75 Å². The number of benzene rings is 1. The Hall–Kier alpha value is -1.09. The van der Waals surface area contributed by atoms with E-state index in [1.807, 2.05) is 28.5 Å². The fourth-order valence-electron chi connectivity index (χ4n) is 3.03. The lowest BCUT2D eigenvalue weighted by Gasteiger charge is -2.34. The number of rotatable bonds is 6. The van der Waals surface area contributed by atoms with E-state index in [-0.39, 0.29) is 30.7 Å². The van der Waals surface area contributed by atoms with E-state index >= 15 is 0 Å². The number of carbonyl (C=O) groups excluding carboxylic acids is 1. The molecule has 0 aliphatic carbocycles. The maximum atomic E-state index is 12.6. The molecule has 28 heavy (non-hydrogen) atoms. The fraction of sp³-hybridized carbons (Fsp3) is 0.444. The number of halogens is 3. The molecule has 0 saturated carbocycles. The summed E-state index contributed by atoms with van der Waals surface area (Å²) >= 11 is 7.61. The number of aromatic nitrogens is 1. The Morgan fingerprint density at radius 1 is 1.29 bits per heavy atom. The molecule has 156 valence electrons.